The van der Waals surface area contributed by atoms with Crippen molar-refractivity contribution in [3.8, 4) is 5.75 Å². The van der Waals surface area contributed by atoms with Crippen molar-refractivity contribution in [2.24, 2.45) is 12.0 Å². The third kappa shape index (κ3) is 5.40. The van der Waals surface area contributed by atoms with Crippen molar-refractivity contribution in [1.82, 2.24) is 20.4 Å². The van der Waals surface area contributed by atoms with Gasteiger partial charge in [0.25, 0.3) is 0 Å². The van der Waals surface area contributed by atoms with E-state index >= 15 is 0 Å². The molecule has 28 heavy (non-hydrogen) atoms. The molecule has 0 saturated carbocycles. The zero-order chi connectivity index (χ0) is 19.4. The topological polar surface area (TPSA) is 63.5 Å². The first-order valence-corrected chi connectivity index (χ1v) is 9.76. The monoisotopic (exact) mass is 497 g/mol. The average Bonchev–Trinajstić information content (AvgIpc) is 3.15. The fourth-order valence-corrected chi connectivity index (χ4v) is 3.57. The summed E-state index contributed by atoms with van der Waals surface area (Å²) < 4.78 is 7.95. The molecule has 0 bridgehead atoms. The summed E-state index contributed by atoms with van der Waals surface area (Å²) in [7, 11) is 2.00. The normalized spacial score (nSPS) is 16.8. The molecule has 0 aliphatic carbocycles. The highest BCUT2D eigenvalue weighted by Crippen LogP contribution is 2.28. The van der Waals surface area contributed by atoms with Crippen molar-refractivity contribution in [2.45, 2.75) is 52.7 Å². The summed E-state index contributed by atoms with van der Waals surface area (Å²) in [6.45, 7) is 9.93. The molecule has 1 aromatic heterocycles. The van der Waals surface area contributed by atoms with Crippen LogP contribution in [0.1, 0.15) is 36.4 Å². The van der Waals surface area contributed by atoms with Crippen LogP contribution in [0.4, 0.5) is 0 Å². The standard InChI is InChI=1S/C21H31N5O.HI/c1-6-22-21(23-13-18-12-17-9-7-8-10-20(17)27-18)24-14(2)11-19-15(3)25-26(5)16(19)4;/h7-10,14,18H,6,11-13H2,1-5H3,(H2,22,23,24);1H. The zero-order valence-electron chi connectivity index (χ0n) is 17.5. The largest absolute Gasteiger partial charge is 0.488 e. The Bertz CT molecular complexity index is 792. The summed E-state index contributed by atoms with van der Waals surface area (Å²) >= 11 is 0. The minimum absolute atomic E-state index is 0. The second-order valence-corrected chi connectivity index (χ2v) is 7.29. The Morgan fingerprint density at radius 1 is 1.36 bits per heavy atom. The first-order valence-electron chi connectivity index (χ1n) is 9.76. The molecule has 0 fully saturated rings. The number of aryl methyl sites for hydroxylation is 2. The maximum Gasteiger partial charge on any atom is 0.191 e. The van der Waals surface area contributed by atoms with E-state index in [2.05, 4.69) is 55.6 Å². The minimum atomic E-state index is 0. The summed E-state index contributed by atoms with van der Waals surface area (Å²) in [6.07, 6.45) is 1.94. The number of halogens is 1. The second kappa shape index (κ2) is 10.1. The molecule has 6 nitrogen and oxygen atoms in total. The van der Waals surface area contributed by atoms with Crippen LogP contribution in [0.25, 0.3) is 0 Å². The van der Waals surface area contributed by atoms with Gasteiger partial charge in [-0.2, -0.15) is 5.10 Å². The van der Waals surface area contributed by atoms with Crippen LogP contribution in [0.5, 0.6) is 5.75 Å². The minimum Gasteiger partial charge on any atom is -0.488 e. The van der Waals surface area contributed by atoms with E-state index in [1.54, 1.807) is 0 Å². The van der Waals surface area contributed by atoms with Crippen LogP contribution in [-0.2, 0) is 19.9 Å². The molecule has 0 radical (unpaired) electrons. The van der Waals surface area contributed by atoms with E-state index in [0.717, 1.165) is 36.8 Å². The van der Waals surface area contributed by atoms with Gasteiger partial charge in [0.15, 0.2) is 5.96 Å². The summed E-state index contributed by atoms with van der Waals surface area (Å²) in [5.74, 6) is 1.83. The molecule has 1 aromatic carbocycles. The average molecular weight is 497 g/mol. The van der Waals surface area contributed by atoms with E-state index < -0.39 is 0 Å². The Morgan fingerprint density at radius 3 is 2.75 bits per heavy atom. The Labute approximate surface area is 185 Å². The van der Waals surface area contributed by atoms with Gasteiger partial charge < -0.3 is 15.4 Å². The van der Waals surface area contributed by atoms with Crippen LogP contribution >= 0.6 is 24.0 Å². The van der Waals surface area contributed by atoms with Crippen molar-refractivity contribution in [3.05, 3.63) is 46.8 Å². The van der Waals surface area contributed by atoms with Crippen LogP contribution < -0.4 is 15.4 Å². The number of aliphatic imine (C=N–C) groups is 1. The molecule has 2 unspecified atom stereocenters. The second-order valence-electron chi connectivity index (χ2n) is 7.29. The summed E-state index contributed by atoms with van der Waals surface area (Å²) in [6, 6.07) is 8.49. The Balaban J connectivity index is 0.00000280. The van der Waals surface area contributed by atoms with Crippen molar-refractivity contribution in [3.63, 3.8) is 0 Å². The number of rotatable bonds is 6. The number of hydrogen-bond donors (Lipinski definition) is 2. The van der Waals surface area contributed by atoms with E-state index in [-0.39, 0.29) is 36.1 Å². The molecule has 7 heteroatoms. The van der Waals surface area contributed by atoms with Gasteiger partial charge in [-0.05, 0) is 51.3 Å². The van der Waals surface area contributed by atoms with Crippen LogP contribution in [-0.4, -0.2) is 41.0 Å². The third-order valence-corrected chi connectivity index (χ3v) is 5.06. The lowest BCUT2D eigenvalue weighted by Crippen LogP contribution is -2.43. The van der Waals surface area contributed by atoms with E-state index in [1.165, 1.54) is 16.8 Å². The molecule has 0 spiro atoms. The van der Waals surface area contributed by atoms with Gasteiger partial charge in [0, 0.05) is 31.7 Å². The van der Waals surface area contributed by atoms with Gasteiger partial charge in [-0.3, -0.25) is 4.68 Å². The van der Waals surface area contributed by atoms with Gasteiger partial charge in [0.05, 0.1) is 12.2 Å². The molecule has 1 aliphatic rings. The first-order chi connectivity index (χ1) is 13.0. The highest BCUT2D eigenvalue weighted by molar-refractivity contribution is 14.0. The number of benzene rings is 1. The molecule has 0 amide bonds. The number of ether oxygens (including phenoxy) is 1. The molecule has 2 atom stereocenters. The van der Waals surface area contributed by atoms with Crippen molar-refractivity contribution in [2.75, 3.05) is 13.1 Å². The quantitative estimate of drug-likeness (QED) is 0.366. The molecule has 2 N–H and O–H groups in total. The number of aromatic nitrogens is 2. The first kappa shape index (κ1) is 22.5. The van der Waals surface area contributed by atoms with Gasteiger partial charge in [0.1, 0.15) is 11.9 Å². The van der Waals surface area contributed by atoms with E-state index in [0.29, 0.717) is 6.54 Å². The molecule has 1 aliphatic heterocycles. The number of nitrogens with zero attached hydrogens (tertiary/aromatic N) is 3. The lowest BCUT2D eigenvalue weighted by Gasteiger charge is -2.19. The Hall–Kier alpha value is -1.77. The summed E-state index contributed by atoms with van der Waals surface area (Å²) in [5.41, 5.74) is 4.90. The predicted octanol–water partition coefficient (Wildman–Crippen LogP) is 3.14. The lowest BCUT2D eigenvalue weighted by atomic mass is 10.1. The van der Waals surface area contributed by atoms with Crippen LogP contribution in [0.3, 0.4) is 0 Å². The van der Waals surface area contributed by atoms with E-state index in [1.807, 2.05) is 23.9 Å². The molecule has 154 valence electrons. The number of para-hydroxylation sites is 1. The smallest absolute Gasteiger partial charge is 0.191 e. The molecule has 2 aromatic rings. The maximum atomic E-state index is 6.00. The van der Waals surface area contributed by atoms with Crippen molar-refractivity contribution >= 4 is 29.9 Å². The van der Waals surface area contributed by atoms with Crippen LogP contribution in [0.2, 0.25) is 0 Å². The molecular formula is C21H32IN5O. The Kier molecular flexibility index (Phi) is 8.15. The fraction of sp³-hybridized carbons (Fsp3) is 0.524. The SMILES string of the molecule is CCNC(=NCC1Cc2ccccc2O1)NC(C)Cc1c(C)nn(C)c1C.I. The molecule has 0 saturated heterocycles. The van der Waals surface area contributed by atoms with Gasteiger partial charge in [-0.1, -0.05) is 18.2 Å². The van der Waals surface area contributed by atoms with Crippen LogP contribution in [0, 0.1) is 13.8 Å². The molecular weight excluding hydrogens is 465 g/mol. The number of guanidine groups is 1. The number of nitrogens with one attached hydrogen (secondary N) is 2. The Morgan fingerprint density at radius 2 is 2.11 bits per heavy atom. The molecule has 2 heterocycles. The fourth-order valence-electron chi connectivity index (χ4n) is 3.57. The van der Waals surface area contributed by atoms with Crippen molar-refractivity contribution in [1.29, 1.82) is 0 Å². The maximum absolute atomic E-state index is 6.00. The highest BCUT2D eigenvalue weighted by Gasteiger charge is 2.22. The van der Waals surface area contributed by atoms with Gasteiger partial charge in [0.2, 0.25) is 0 Å². The van der Waals surface area contributed by atoms with E-state index in [9.17, 15) is 0 Å². The van der Waals surface area contributed by atoms with Gasteiger partial charge >= 0.3 is 0 Å². The third-order valence-electron chi connectivity index (χ3n) is 5.06. The van der Waals surface area contributed by atoms with Gasteiger partial charge in [-0.15, -0.1) is 24.0 Å². The predicted molar refractivity (Wildman–Crippen MR) is 125 cm³/mol. The summed E-state index contributed by atoms with van der Waals surface area (Å²) in [5, 5.41) is 11.4. The zero-order valence-corrected chi connectivity index (χ0v) is 19.8. The summed E-state index contributed by atoms with van der Waals surface area (Å²) in [4.78, 5) is 4.76. The highest BCUT2D eigenvalue weighted by atomic mass is 127. The van der Waals surface area contributed by atoms with Crippen molar-refractivity contribution < 1.29 is 4.74 Å². The number of hydrogen-bond acceptors (Lipinski definition) is 3. The van der Waals surface area contributed by atoms with Gasteiger partial charge in [-0.25, -0.2) is 4.99 Å². The lowest BCUT2D eigenvalue weighted by molar-refractivity contribution is 0.241. The van der Waals surface area contributed by atoms with E-state index in [4.69, 9.17) is 9.73 Å². The molecule has 3 rings (SSSR count). The van der Waals surface area contributed by atoms with Crippen LogP contribution in [0.15, 0.2) is 29.3 Å². The number of fused-ring (bicyclic) bond motifs is 1.